The predicted molar refractivity (Wildman–Crippen MR) is 67.3 cm³/mol. The Balaban J connectivity index is 1.67. The van der Waals surface area contributed by atoms with Gasteiger partial charge in [0, 0.05) is 20.1 Å². The molecule has 1 aromatic heterocycles. The van der Waals surface area contributed by atoms with Crippen molar-refractivity contribution in [2.45, 2.75) is 37.5 Å². The van der Waals surface area contributed by atoms with E-state index in [0.717, 1.165) is 5.92 Å². The quantitative estimate of drug-likeness (QED) is 0.681. The minimum Gasteiger partial charge on any atom is -0.148 e. The molecule has 0 amide bonds. The Kier molecular flexibility index (Phi) is 3.92. The van der Waals surface area contributed by atoms with Crippen molar-refractivity contribution in [2.75, 3.05) is 0 Å². The predicted octanol–water partition coefficient (Wildman–Crippen LogP) is 4.85. The first-order valence-electron chi connectivity index (χ1n) is 5.12. The van der Waals surface area contributed by atoms with Gasteiger partial charge in [-0.15, -0.1) is 22.9 Å². The van der Waals surface area contributed by atoms with Crippen LogP contribution in [0.15, 0.2) is 15.9 Å². The van der Waals surface area contributed by atoms with Crippen LogP contribution >= 0.6 is 38.9 Å². The molecule has 3 heteroatoms. The third-order valence-corrected chi connectivity index (χ3v) is 4.99. The Morgan fingerprint density at radius 3 is 2.93 bits per heavy atom. The average Bonchev–Trinajstić information content (AvgIpc) is 2.92. The Labute approximate surface area is 103 Å². The van der Waals surface area contributed by atoms with E-state index in [2.05, 4.69) is 27.4 Å². The van der Waals surface area contributed by atoms with E-state index >= 15 is 0 Å². The highest BCUT2D eigenvalue weighted by Gasteiger charge is 2.28. The van der Waals surface area contributed by atoms with Gasteiger partial charge in [0.25, 0.3) is 0 Å². The van der Waals surface area contributed by atoms with Crippen LogP contribution in [0, 0.1) is 5.92 Å². The van der Waals surface area contributed by atoms with Gasteiger partial charge in [0.05, 0.1) is 0 Å². The molecule has 0 radical (unpaired) electrons. The van der Waals surface area contributed by atoms with Crippen LogP contribution in [-0.2, 0) is 6.42 Å². The zero-order valence-electron chi connectivity index (χ0n) is 8.01. The van der Waals surface area contributed by atoms with Gasteiger partial charge in [-0.2, -0.15) is 0 Å². The van der Waals surface area contributed by atoms with E-state index in [-0.39, 0.29) is 0 Å². The summed E-state index contributed by atoms with van der Waals surface area (Å²) in [5.74, 6) is 0.840. The Bertz CT molecular complexity index is 293. The fourth-order valence-corrected chi connectivity index (χ4v) is 3.55. The van der Waals surface area contributed by atoms with Crippen molar-refractivity contribution >= 4 is 38.9 Å². The second-order valence-corrected chi connectivity index (χ2v) is 6.45. The van der Waals surface area contributed by atoms with Gasteiger partial charge >= 0.3 is 0 Å². The van der Waals surface area contributed by atoms with E-state index in [1.807, 2.05) is 11.3 Å². The molecule has 0 aliphatic heterocycles. The van der Waals surface area contributed by atoms with Crippen molar-refractivity contribution in [1.82, 2.24) is 0 Å². The van der Waals surface area contributed by atoms with Gasteiger partial charge in [0.2, 0.25) is 0 Å². The van der Waals surface area contributed by atoms with Gasteiger partial charge < -0.3 is 0 Å². The molecular weight excluding hydrogens is 280 g/mol. The summed E-state index contributed by atoms with van der Waals surface area (Å²) in [6.07, 6.45) is 6.32. The SMILES string of the molecule is ClC(CCCc1cc(Br)cs1)C1CC1. The van der Waals surface area contributed by atoms with Crippen molar-refractivity contribution in [1.29, 1.82) is 0 Å². The molecule has 1 atom stereocenters. The van der Waals surface area contributed by atoms with Crippen LogP contribution in [0.3, 0.4) is 0 Å². The second-order valence-electron chi connectivity index (χ2n) is 3.98. The highest BCUT2D eigenvalue weighted by Crippen LogP contribution is 2.37. The molecule has 0 spiro atoms. The normalized spacial score (nSPS) is 18.4. The summed E-state index contributed by atoms with van der Waals surface area (Å²) in [6, 6.07) is 2.21. The lowest BCUT2D eigenvalue weighted by atomic mass is 10.1. The molecule has 1 aromatic rings. The minimum atomic E-state index is 0.443. The van der Waals surface area contributed by atoms with Crippen LogP contribution in [0.25, 0.3) is 0 Å². The van der Waals surface area contributed by atoms with Crippen LogP contribution < -0.4 is 0 Å². The Morgan fingerprint density at radius 2 is 2.36 bits per heavy atom. The molecule has 1 heterocycles. The molecule has 0 aromatic carbocycles. The van der Waals surface area contributed by atoms with Gasteiger partial charge in [-0.05, 0) is 60.0 Å². The highest BCUT2D eigenvalue weighted by molar-refractivity contribution is 9.10. The highest BCUT2D eigenvalue weighted by atomic mass is 79.9. The van der Waals surface area contributed by atoms with E-state index in [1.54, 1.807) is 0 Å². The molecule has 78 valence electrons. The molecule has 0 bridgehead atoms. The molecule has 0 N–H and O–H groups in total. The summed E-state index contributed by atoms with van der Waals surface area (Å²) in [4.78, 5) is 1.47. The summed E-state index contributed by atoms with van der Waals surface area (Å²) in [6.45, 7) is 0. The lowest BCUT2D eigenvalue weighted by Crippen LogP contribution is -2.01. The number of thiophene rings is 1. The Hall–Kier alpha value is 0.470. The number of hydrogen-bond acceptors (Lipinski definition) is 1. The van der Waals surface area contributed by atoms with Crippen LogP contribution in [0.4, 0.5) is 0 Å². The van der Waals surface area contributed by atoms with Gasteiger partial charge in [-0.1, -0.05) is 0 Å². The van der Waals surface area contributed by atoms with E-state index in [1.165, 1.54) is 41.5 Å². The molecule has 2 rings (SSSR count). The van der Waals surface area contributed by atoms with E-state index in [0.29, 0.717) is 5.38 Å². The number of alkyl halides is 1. The number of hydrogen-bond donors (Lipinski definition) is 0. The van der Waals surface area contributed by atoms with Crippen LogP contribution in [0.5, 0.6) is 0 Å². The first-order valence-corrected chi connectivity index (χ1v) is 7.23. The van der Waals surface area contributed by atoms with E-state index in [9.17, 15) is 0 Å². The molecule has 0 nitrogen and oxygen atoms in total. The van der Waals surface area contributed by atoms with Crippen LogP contribution in [0.1, 0.15) is 30.6 Å². The first-order chi connectivity index (χ1) is 6.75. The number of rotatable bonds is 5. The van der Waals surface area contributed by atoms with Crippen molar-refractivity contribution in [3.05, 3.63) is 20.8 Å². The maximum atomic E-state index is 6.24. The summed E-state index contributed by atoms with van der Waals surface area (Å²) in [7, 11) is 0. The maximum absolute atomic E-state index is 6.24. The van der Waals surface area contributed by atoms with E-state index < -0.39 is 0 Å². The van der Waals surface area contributed by atoms with Gasteiger partial charge in [0.15, 0.2) is 0 Å². The third-order valence-electron chi connectivity index (χ3n) is 2.66. The average molecular weight is 294 g/mol. The van der Waals surface area contributed by atoms with Crippen molar-refractivity contribution < 1.29 is 0 Å². The van der Waals surface area contributed by atoms with Gasteiger partial charge in [0.1, 0.15) is 0 Å². The van der Waals surface area contributed by atoms with Crippen molar-refractivity contribution in [3.8, 4) is 0 Å². The second kappa shape index (κ2) is 5.00. The van der Waals surface area contributed by atoms with Crippen LogP contribution in [0.2, 0.25) is 0 Å². The largest absolute Gasteiger partial charge is 0.148 e. The molecule has 1 unspecified atom stereocenters. The molecule has 1 aliphatic rings. The zero-order valence-corrected chi connectivity index (χ0v) is 11.2. The summed E-state index contributed by atoms with van der Waals surface area (Å²) in [5, 5.41) is 2.59. The summed E-state index contributed by atoms with van der Waals surface area (Å²) < 4.78 is 1.21. The summed E-state index contributed by atoms with van der Waals surface area (Å²) in [5.41, 5.74) is 0. The number of halogens is 2. The van der Waals surface area contributed by atoms with E-state index in [4.69, 9.17) is 11.6 Å². The number of aryl methyl sites for hydroxylation is 1. The minimum absolute atomic E-state index is 0.443. The molecule has 14 heavy (non-hydrogen) atoms. The molecule has 0 saturated heterocycles. The lowest BCUT2D eigenvalue weighted by Gasteiger charge is -2.05. The molecule has 1 fully saturated rings. The van der Waals surface area contributed by atoms with Crippen LogP contribution in [-0.4, -0.2) is 5.38 Å². The molecular formula is C11H14BrClS. The molecule has 1 saturated carbocycles. The van der Waals surface area contributed by atoms with Gasteiger partial charge in [-0.3, -0.25) is 0 Å². The van der Waals surface area contributed by atoms with Gasteiger partial charge in [-0.25, -0.2) is 0 Å². The van der Waals surface area contributed by atoms with Crippen molar-refractivity contribution in [2.24, 2.45) is 5.92 Å². The topological polar surface area (TPSA) is 0 Å². The smallest absolute Gasteiger partial charge is 0.0364 e. The molecule has 1 aliphatic carbocycles. The fourth-order valence-electron chi connectivity index (χ4n) is 1.65. The lowest BCUT2D eigenvalue weighted by molar-refractivity contribution is 0.640. The standard InChI is InChI=1S/C11H14BrClS/c12-9-6-10(14-7-9)2-1-3-11(13)8-4-5-8/h6-8,11H,1-5H2. The Morgan fingerprint density at radius 1 is 1.57 bits per heavy atom. The monoisotopic (exact) mass is 292 g/mol. The zero-order chi connectivity index (χ0) is 9.97. The maximum Gasteiger partial charge on any atom is 0.0364 e. The fraction of sp³-hybridized carbons (Fsp3) is 0.636. The summed E-state index contributed by atoms with van der Waals surface area (Å²) >= 11 is 11.5. The van der Waals surface area contributed by atoms with Crippen molar-refractivity contribution in [3.63, 3.8) is 0 Å². The third kappa shape index (κ3) is 3.25. The first kappa shape index (κ1) is 11.0.